The molecule has 0 amide bonds. The van der Waals surface area contributed by atoms with Crippen LogP contribution in [0.2, 0.25) is 0 Å². The van der Waals surface area contributed by atoms with E-state index >= 15 is 0 Å². The fourth-order valence-corrected chi connectivity index (χ4v) is 3.08. The molecule has 3 heteroatoms. The number of aryl methyl sites for hydroxylation is 1. The Morgan fingerprint density at radius 1 is 1.43 bits per heavy atom. The molecule has 0 spiro atoms. The first-order valence-corrected chi connectivity index (χ1v) is 6.06. The van der Waals surface area contributed by atoms with Gasteiger partial charge in [0.15, 0.2) is 0 Å². The lowest BCUT2D eigenvalue weighted by Crippen LogP contribution is -2.27. The lowest BCUT2D eigenvalue weighted by Gasteiger charge is -2.33. The van der Waals surface area contributed by atoms with E-state index in [1.807, 2.05) is 6.07 Å². The van der Waals surface area contributed by atoms with Gasteiger partial charge in [-0.25, -0.2) is 0 Å². The minimum absolute atomic E-state index is 0.222. The molecule has 0 aliphatic heterocycles. The van der Waals surface area contributed by atoms with Crippen molar-refractivity contribution in [2.45, 2.75) is 23.8 Å². The molecule has 0 saturated heterocycles. The third-order valence-corrected chi connectivity index (χ3v) is 3.81. The zero-order chi connectivity index (χ0) is 10.0. The summed E-state index contributed by atoms with van der Waals surface area (Å²) in [5.74, 6) is 0. The van der Waals surface area contributed by atoms with Gasteiger partial charge in [-0.05, 0) is 46.3 Å². The molecule has 1 atom stereocenters. The summed E-state index contributed by atoms with van der Waals surface area (Å²) in [4.78, 5) is 0. The number of benzene rings is 1. The molecule has 0 aromatic heterocycles. The Hall–Kier alpha value is -0.0500. The molecule has 1 aromatic rings. The third-order valence-electron chi connectivity index (χ3n) is 2.65. The highest BCUT2D eigenvalue weighted by molar-refractivity contribution is 9.09. The lowest BCUT2D eigenvalue weighted by atomic mass is 9.89. The van der Waals surface area contributed by atoms with Crippen molar-refractivity contribution in [2.24, 2.45) is 0 Å². The van der Waals surface area contributed by atoms with E-state index in [9.17, 15) is 0 Å². The molecule has 0 bridgehead atoms. The smallest absolute Gasteiger partial charge is 0.150 e. The quantitative estimate of drug-likeness (QED) is 0.746. The van der Waals surface area contributed by atoms with Crippen molar-refractivity contribution >= 4 is 27.5 Å². The van der Waals surface area contributed by atoms with E-state index in [1.54, 1.807) is 0 Å². The Morgan fingerprint density at radius 3 is 3.00 bits per heavy atom. The van der Waals surface area contributed by atoms with Gasteiger partial charge in [0.05, 0.1) is 0 Å². The summed E-state index contributed by atoms with van der Waals surface area (Å²) in [7, 11) is 0. The van der Waals surface area contributed by atoms with Crippen LogP contribution in [0.3, 0.4) is 0 Å². The highest BCUT2D eigenvalue weighted by atomic mass is 79.9. The first kappa shape index (κ1) is 10.5. The number of hydrogen-bond acceptors (Lipinski definition) is 1. The van der Waals surface area contributed by atoms with Crippen LogP contribution in [0.1, 0.15) is 24.0 Å². The second-order valence-corrected chi connectivity index (χ2v) is 4.99. The van der Waals surface area contributed by atoms with Gasteiger partial charge in [0, 0.05) is 0 Å². The minimum atomic E-state index is -0.358. The van der Waals surface area contributed by atoms with Gasteiger partial charge in [-0.1, -0.05) is 35.9 Å². The van der Waals surface area contributed by atoms with Crippen molar-refractivity contribution in [3.8, 4) is 0 Å². The molecule has 0 N–H and O–H groups in total. The summed E-state index contributed by atoms with van der Waals surface area (Å²) >= 11 is 9.29. The van der Waals surface area contributed by atoms with Crippen LogP contribution in [0, 0.1) is 0 Å². The molecule has 0 saturated carbocycles. The predicted molar refractivity (Wildman–Crippen MR) is 61.8 cm³/mol. The van der Waals surface area contributed by atoms with Gasteiger partial charge in [-0.3, -0.25) is 0 Å². The zero-order valence-electron chi connectivity index (χ0n) is 7.80. The number of hydrogen-bond donors (Lipinski definition) is 0. The number of alkyl halides is 2. The zero-order valence-corrected chi connectivity index (χ0v) is 10.1. The lowest BCUT2D eigenvalue weighted by molar-refractivity contribution is 0.0470. The van der Waals surface area contributed by atoms with Crippen molar-refractivity contribution in [1.29, 1.82) is 0 Å². The van der Waals surface area contributed by atoms with Crippen LogP contribution in [-0.2, 0) is 15.7 Å². The van der Waals surface area contributed by atoms with Gasteiger partial charge >= 0.3 is 0 Å². The van der Waals surface area contributed by atoms with Crippen LogP contribution in [-0.4, -0.2) is 6.07 Å². The van der Waals surface area contributed by atoms with Gasteiger partial charge in [0.1, 0.15) is 10.6 Å². The summed E-state index contributed by atoms with van der Waals surface area (Å²) in [5, 5.41) is 0. The number of rotatable bonds is 2. The summed E-state index contributed by atoms with van der Waals surface area (Å²) in [6, 6.07) is 8.59. The molecule has 0 radical (unpaired) electrons. The van der Waals surface area contributed by atoms with Gasteiger partial charge < -0.3 is 4.74 Å². The topological polar surface area (TPSA) is 9.23 Å². The number of fused-ring (bicyclic) bond motifs is 1. The Balaban J connectivity index is 2.39. The molecule has 1 aromatic carbocycles. The van der Waals surface area contributed by atoms with Gasteiger partial charge in [0.25, 0.3) is 0 Å². The Bertz CT molecular complexity index is 329. The van der Waals surface area contributed by atoms with E-state index in [2.05, 4.69) is 34.1 Å². The van der Waals surface area contributed by atoms with Crippen LogP contribution in [0.5, 0.6) is 0 Å². The highest BCUT2D eigenvalue weighted by Crippen LogP contribution is 2.43. The van der Waals surface area contributed by atoms with Crippen molar-refractivity contribution in [3.63, 3.8) is 0 Å². The predicted octanol–water partition coefficient (Wildman–Crippen LogP) is 3.78. The average Bonchev–Trinajstić information content (AvgIpc) is 2.19. The van der Waals surface area contributed by atoms with Crippen molar-refractivity contribution in [1.82, 2.24) is 0 Å². The van der Waals surface area contributed by atoms with Crippen LogP contribution in [0.25, 0.3) is 0 Å². The standard InChI is InChI=1S/C11H12BrClO/c12-11(14-8-13)7-3-5-9-4-1-2-6-10(9)11/h1-2,4,6H,3,5,7-8H2. The monoisotopic (exact) mass is 274 g/mol. The van der Waals surface area contributed by atoms with Gasteiger partial charge in [-0.2, -0.15) is 0 Å². The SMILES string of the molecule is ClCOC1(Br)CCCc2ccccc21. The summed E-state index contributed by atoms with van der Waals surface area (Å²) < 4.78 is 5.22. The largest absolute Gasteiger partial charge is 0.344 e. The highest BCUT2D eigenvalue weighted by Gasteiger charge is 2.34. The van der Waals surface area contributed by atoms with E-state index in [0.717, 1.165) is 19.3 Å². The Kier molecular flexibility index (Phi) is 3.15. The van der Waals surface area contributed by atoms with E-state index in [1.165, 1.54) is 11.1 Å². The van der Waals surface area contributed by atoms with Crippen LogP contribution >= 0.6 is 27.5 Å². The second-order valence-electron chi connectivity index (χ2n) is 3.49. The second kappa shape index (κ2) is 4.21. The van der Waals surface area contributed by atoms with E-state index in [-0.39, 0.29) is 10.6 Å². The maximum Gasteiger partial charge on any atom is 0.150 e. The molecule has 76 valence electrons. The third kappa shape index (κ3) is 1.83. The molecular formula is C11H12BrClO. The van der Waals surface area contributed by atoms with Crippen LogP contribution in [0.15, 0.2) is 24.3 Å². The summed E-state index contributed by atoms with van der Waals surface area (Å²) in [5.41, 5.74) is 2.59. The van der Waals surface area contributed by atoms with E-state index < -0.39 is 0 Å². The fourth-order valence-electron chi connectivity index (χ4n) is 1.98. The maximum absolute atomic E-state index is 5.64. The fraction of sp³-hybridized carbons (Fsp3) is 0.455. The van der Waals surface area contributed by atoms with Crippen molar-refractivity contribution < 1.29 is 4.74 Å². The molecule has 1 aliphatic carbocycles. The molecule has 2 rings (SSSR count). The van der Waals surface area contributed by atoms with Gasteiger partial charge in [0.2, 0.25) is 0 Å². The molecule has 14 heavy (non-hydrogen) atoms. The van der Waals surface area contributed by atoms with E-state index in [0.29, 0.717) is 0 Å². The maximum atomic E-state index is 5.64. The van der Waals surface area contributed by atoms with Crippen LogP contribution < -0.4 is 0 Å². The average molecular weight is 276 g/mol. The normalized spacial score (nSPS) is 25.9. The summed E-state index contributed by atoms with van der Waals surface area (Å²) in [6.07, 6.45) is 3.26. The van der Waals surface area contributed by atoms with Gasteiger partial charge in [-0.15, -0.1) is 0 Å². The van der Waals surface area contributed by atoms with Crippen LogP contribution in [0.4, 0.5) is 0 Å². The minimum Gasteiger partial charge on any atom is -0.344 e. The first-order valence-electron chi connectivity index (χ1n) is 4.73. The van der Waals surface area contributed by atoms with Crippen molar-refractivity contribution in [2.75, 3.05) is 6.07 Å². The Labute approximate surface area is 97.5 Å². The molecule has 1 nitrogen and oxygen atoms in total. The Morgan fingerprint density at radius 2 is 2.21 bits per heavy atom. The first-order chi connectivity index (χ1) is 6.76. The number of halogens is 2. The molecule has 1 aliphatic rings. The molecule has 0 heterocycles. The molecule has 1 unspecified atom stereocenters. The number of ether oxygens (including phenoxy) is 1. The molecule has 0 fully saturated rings. The summed E-state index contributed by atoms with van der Waals surface area (Å²) in [6.45, 7) is 0. The van der Waals surface area contributed by atoms with Crippen molar-refractivity contribution in [3.05, 3.63) is 35.4 Å². The molecular weight excluding hydrogens is 263 g/mol. The van der Waals surface area contributed by atoms with E-state index in [4.69, 9.17) is 16.3 Å².